The minimum atomic E-state index is -3.39. The SMILES string of the molecule is CS(=O)(=O)Nc1cccc(C=C2c3ccccc3CCc3ccc(S(C)(=O)=O)cc32)c1. The summed E-state index contributed by atoms with van der Waals surface area (Å²) in [6.45, 7) is 0. The molecule has 0 amide bonds. The normalized spacial score (nSPS) is 15.1. The van der Waals surface area contributed by atoms with Gasteiger partial charge in [0.25, 0.3) is 0 Å². The van der Waals surface area contributed by atoms with Crippen LogP contribution in [-0.4, -0.2) is 29.3 Å². The maximum atomic E-state index is 12.2. The van der Waals surface area contributed by atoms with Crippen molar-refractivity contribution in [3.63, 3.8) is 0 Å². The minimum absolute atomic E-state index is 0.282. The standard InChI is InChI=1S/C24H23NO4S2/c1-30(26,27)21-13-12-19-11-10-18-7-3-4-9-22(18)24(23(19)16-21)15-17-6-5-8-20(14-17)25-31(2,28)29/h3-9,12-16,25H,10-11H2,1-2H3. The fraction of sp³-hybridized carbons (Fsp3) is 0.167. The molecule has 4 rings (SSSR count). The van der Waals surface area contributed by atoms with Crippen molar-refractivity contribution in [1.29, 1.82) is 0 Å². The number of sulfonamides is 1. The summed E-state index contributed by atoms with van der Waals surface area (Å²) in [6, 6.07) is 20.6. The van der Waals surface area contributed by atoms with Crippen LogP contribution in [-0.2, 0) is 32.7 Å². The first-order valence-corrected chi connectivity index (χ1v) is 13.6. The number of aryl methyl sites for hydroxylation is 2. The number of sulfone groups is 1. The predicted octanol–water partition coefficient (Wildman–Crippen LogP) is 4.15. The number of rotatable bonds is 4. The molecule has 0 aromatic heterocycles. The second kappa shape index (κ2) is 7.98. The van der Waals surface area contributed by atoms with Crippen LogP contribution in [0, 0.1) is 0 Å². The van der Waals surface area contributed by atoms with Crippen LogP contribution in [0.15, 0.2) is 71.6 Å². The van der Waals surface area contributed by atoms with Gasteiger partial charge < -0.3 is 0 Å². The monoisotopic (exact) mass is 453 g/mol. The maximum absolute atomic E-state index is 12.2. The Bertz CT molecular complexity index is 1400. The smallest absolute Gasteiger partial charge is 0.229 e. The van der Waals surface area contributed by atoms with E-state index in [9.17, 15) is 16.8 Å². The number of fused-ring (bicyclic) bond motifs is 2. The molecule has 3 aromatic rings. The van der Waals surface area contributed by atoms with E-state index < -0.39 is 19.9 Å². The summed E-state index contributed by atoms with van der Waals surface area (Å²) in [4.78, 5) is 0.282. The van der Waals surface area contributed by atoms with Crippen LogP contribution in [0.3, 0.4) is 0 Å². The quantitative estimate of drug-likeness (QED) is 0.644. The third kappa shape index (κ3) is 4.89. The van der Waals surface area contributed by atoms with Gasteiger partial charge in [0, 0.05) is 11.9 Å². The summed E-state index contributed by atoms with van der Waals surface area (Å²) >= 11 is 0. The Labute approximate surface area is 183 Å². The zero-order valence-electron chi connectivity index (χ0n) is 17.3. The molecule has 0 saturated heterocycles. The molecule has 0 fully saturated rings. The van der Waals surface area contributed by atoms with E-state index in [1.54, 1.807) is 30.3 Å². The highest BCUT2D eigenvalue weighted by Gasteiger charge is 2.20. The lowest BCUT2D eigenvalue weighted by Crippen LogP contribution is -2.09. The summed E-state index contributed by atoms with van der Waals surface area (Å²) in [5.74, 6) is 0. The Balaban J connectivity index is 1.93. The summed E-state index contributed by atoms with van der Waals surface area (Å²) in [5.41, 5.74) is 6.42. The van der Waals surface area contributed by atoms with Gasteiger partial charge in [-0.15, -0.1) is 0 Å². The Morgan fingerprint density at radius 2 is 1.48 bits per heavy atom. The van der Waals surface area contributed by atoms with E-state index in [1.807, 2.05) is 36.4 Å². The van der Waals surface area contributed by atoms with E-state index in [2.05, 4.69) is 10.8 Å². The zero-order valence-corrected chi connectivity index (χ0v) is 18.9. The van der Waals surface area contributed by atoms with E-state index in [4.69, 9.17) is 0 Å². The van der Waals surface area contributed by atoms with Crippen molar-refractivity contribution in [2.45, 2.75) is 17.7 Å². The highest BCUT2D eigenvalue weighted by molar-refractivity contribution is 7.92. The number of benzene rings is 3. The highest BCUT2D eigenvalue weighted by Crippen LogP contribution is 2.36. The lowest BCUT2D eigenvalue weighted by atomic mass is 9.92. The molecular formula is C24H23NO4S2. The second-order valence-electron chi connectivity index (χ2n) is 7.81. The molecule has 1 aliphatic carbocycles. The zero-order chi connectivity index (χ0) is 22.2. The van der Waals surface area contributed by atoms with Crippen LogP contribution in [0.25, 0.3) is 11.6 Å². The van der Waals surface area contributed by atoms with Gasteiger partial charge in [-0.3, -0.25) is 4.72 Å². The van der Waals surface area contributed by atoms with E-state index >= 15 is 0 Å². The molecule has 3 aromatic carbocycles. The first kappa shape index (κ1) is 21.3. The Morgan fingerprint density at radius 3 is 2.19 bits per heavy atom. The topological polar surface area (TPSA) is 80.3 Å². The van der Waals surface area contributed by atoms with E-state index in [1.165, 1.54) is 11.8 Å². The van der Waals surface area contributed by atoms with Crippen LogP contribution < -0.4 is 4.72 Å². The van der Waals surface area contributed by atoms with Crippen molar-refractivity contribution in [1.82, 2.24) is 0 Å². The van der Waals surface area contributed by atoms with Gasteiger partial charge in [0.2, 0.25) is 10.0 Å². The molecule has 7 heteroatoms. The molecule has 160 valence electrons. The van der Waals surface area contributed by atoms with Crippen molar-refractivity contribution in [3.05, 3.63) is 94.5 Å². The Hall–Kier alpha value is -2.90. The van der Waals surface area contributed by atoms with Gasteiger partial charge in [-0.1, -0.05) is 42.5 Å². The highest BCUT2D eigenvalue weighted by atomic mass is 32.2. The molecule has 0 heterocycles. The summed E-state index contributed by atoms with van der Waals surface area (Å²) in [5, 5.41) is 0. The van der Waals surface area contributed by atoms with Crippen LogP contribution in [0.5, 0.6) is 0 Å². The summed E-state index contributed by atoms with van der Waals surface area (Å²) < 4.78 is 50.2. The molecule has 0 spiro atoms. The number of nitrogens with one attached hydrogen (secondary N) is 1. The lowest BCUT2D eigenvalue weighted by molar-refractivity contribution is 0.601. The lowest BCUT2D eigenvalue weighted by Gasteiger charge is -2.14. The number of anilines is 1. The summed E-state index contributed by atoms with van der Waals surface area (Å²) in [6.07, 6.45) is 5.98. The number of hydrogen-bond acceptors (Lipinski definition) is 4. The average molecular weight is 454 g/mol. The van der Waals surface area contributed by atoms with E-state index in [-0.39, 0.29) is 4.90 Å². The predicted molar refractivity (Wildman–Crippen MR) is 125 cm³/mol. The van der Waals surface area contributed by atoms with Crippen LogP contribution >= 0.6 is 0 Å². The molecule has 0 radical (unpaired) electrons. The van der Waals surface area contributed by atoms with Crippen LogP contribution in [0.2, 0.25) is 0 Å². The Morgan fingerprint density at radius 1 is 0.774 bits per heavy atom. The first-order chi connectivity index (χ1) is 14.6. The van der Waals surface area contributed by atoms with E-state index in [0.29, 0.717) is 5.69 Å². The molecule has 0 atom stereocenters. The van der Waals surface area contributed by atoms with Crippen LogP contribution in [0.4, 0.5) is 5.69 Å². The minimum Gasteiger partial charge on any atom is -0.284 e. The fourth-order valence-electron chi connectivity index (χ4n) is 3.90. The molecule has 5 nitrogen and oxygen atoms in total. The van der Waals surface area contributed by atoms with Gasteiger partial charge >= 0.3 is 0 Å². The van der Waals surface area contributed by atoms with Crippen molar-refractivity contribution in [2.75, 3.05) is 17.2 Å². The first-order valence-electron chi connectivity index (χ1n) is 9.81. The maximum Gasteiger partial charge on any atom is 0.229 e. The van der Waals surface area contributed by atoms with E-state index in [0.717, 1.165) is 46.9 Å². The largest absolute Gasteiger partial charge is 0.284 e. The van der Waals surface area contributed by atoms with Gasteiger partial charge in [-0.25, -0.2) is 16.8 Å². The molecular weight excluding hydrogens is 430 g/mol. The molecule has 0 saturated carbocycles. The molecule has 0 aliphatic heterocycles. The summed E-state index contributed by atoms with van der Waals surface area (Å²) in [7, 11) is -6.74. The molecule has 31 heavy (non-hydrogen) atoms. The fourth-order valence-corrected chi connectivity index (χ4v) is 5.10. The average Bonchev–Trinajstić information content (AvgIpc) is 2.83. The third-order valence-corrected chi connectivity index (χ3v) is 6.99. The van der Waals surface area contributed by atoms with Gasteiger partial charge in [0.15, 0.2) is 9.84 Å². The van der Waals surface area contributed by atoms with Crippen molar-refractivity contribution in [2.24, 2.45) is 0 Å². The third-order valence-electron chi connectivity index (χ3n) is 5.27. The van der Waals surface area contributed by atoms with Gasteiger partial charge in [-0.05, 0) is 76.6 Å². The molecule has 1 N–H and O–H groups in total. The van der Waals surface area contributed by atoms with Crippen molar-refractivity contribution in [3.8, 4) is 0 Å². The van der Waals surface area contributed by atoms with Crippen molar-refractivity contribution < 1.29 is 16.8 Å². The molecule has 0 unspecified atom stereocenters. The Kier molecular flexibility index (Phi) is 5.49. The molecule has 0 bridgehead atoms. The van der Waals surface area contributed by atoms with Crippen molar-refractivity contribution >= 4 is 37.2 Å². The van der Waals surface area contributed by atoms with Crippen LogP contribution in [0.1, 0.15) is 27.8 Å². The number of hydrogen-bond donors (Lipinski definition) is 1. The van der Waals surface area contributed by atoms with Gasteiger partial charge in [0.05, 0.1) is 11.2 Å². The molecule has 1 aliphatic rings. The van der Waals surface area contributed by atoms with Gasteiger partial charge in [-0.2, -0.15) is 0 Å². The second-order valence-corrected chi connectivity index (χ2v) is 11.6. The van der Waals surface area contributed by atoms with Gasteiger partial charge in [0.1, 0.15) is 0 Å².